The molecule has 7 heteroatoms. The number of amides is 1. The first-order chi connectivity index (χ1) is 11.8. The van der Waals surface area contributed by atoms with Crippen LogP contribution in [0.2, 0.25) is 10.0 Å². The van der Waals surface area contributed by atoms with Crippen molar-refractivity contribution in [3.63, 3.8) is 0 Å². The molecular formula is C18H14Cl2F2N2O. The second-order valence-electron chi connectivity index (χ2n) is 5.83. The van der Waals surface area contributed by atoms with Crippen molar-refractivity contribution in [3.05, 3.63) is 69.7 Å². The molecule has 1 aromatic carbocycles. The highest BCUT2D eigenvalue weighted by atomic mass is 35.5. The molecule has 3 nitrogen and oxygen atoms in total. The van der Waals surface area contributed by atoms with Crippen LogP contribution in [0.3, 0.4) is 0 Å². The largest absolute Gasteiger partial charge is 0.349 e. The van der Waals surface area contributed by atoms with Crippen molar-refractivity contribution in [2.24, 2.45) is 0 Å². The fourth-order valence-electron chi connectivity index (χ4n) is 2.87. The van der Waals surface area contributed by atoms with Gasteiger partial charge in [-0.3, -0.25) is 9.78 Å². The summed E-state index contributed by atoms with van der Waals surface area (Å²) in [4.78, 5) is 16.6. The van der Waals surface area contributed by atoms with Gasteiger partial charge in [0.2, 0.25) is 5.67 Å². The molecule has 0 spiro atoms. The lowest BCUT2D eigenvalue weighted by atomic mass is 9.80. The Bertz CT molecular complexity index is 849. The SMILES string of the molecule is C=C1CCC(F)(C(=O)NCc2c(F)cc(Cl)cc2Cl)c2cccnc21. The number of allylic oxidation sites excluding steroid dienone is 1. The standard InChI is InChI=1S/C18H14Cl2F2N2O/c1-10-4-5-18(22,13-3-2-6-23-16(10)13)17(25)24-9-12-14(20)7-11(19)8-15(12)21/h2-3,6-8H,1,4-5,9H2,(H,24,25). The highest BCUT2D eigenvalue weighted by Gasteiger charge is 2.45. The summed E-state index contributed by atoms with van der Waals surface area (Å²) in [5.74, 6) is -1.52. The number of nitrogens with one attached hydrogen (secondary N) is 1. The number of nitrogens with zero attached hydrogens (tertiary/aromatic N) is 1. The minimum Gasteiger partial charge on any atom is -0.349 e. The van der Waals surface area contributed by atoms with Crippen molar-refractivity contribution in [3.8, 4) is 0 Å². The first-order valence-electron chi connectivity index (χ1n) is 7.57. The van der Waals surface area contributed by atoms with Crippen LogP contribution >= 0.6 is 23.2 Å². The Balaban J connectivity index is 1.85. The van der Waals surface area contributed by atoms with Gasteiger partial charge in [-0.05, 0) is 36.6 Å². The quantitative estimate of drug-likeness (QED) is 0.826. The van der Waals surface area contributed by atoms with Gasteiger partial charge in [-0.1, -0.05) is 35.8 Å². The van der Waals surface area contributed by atoms with Gasteiger partial charge in [0.1, 0.15) is 5.82 Å². The number of halogens is 4. The zero-order chi connectivity index (χ0) is 18.2. The van der Waals surface area contributed by atoms with Crippen molar-refractivity contribution in [1.82, 2.24) is 10.3 Å². The topological polar surface area (TPSA) is 42.0 Å². The number of pyridine rings is 1. The molecule has 130 valence electrons. The van der Waals surface area contributed by atoms with Crippen LogP contribution in [0.15, 0.2) is 37.0 Å². The lowest BCUT2D eigenvalue weighted by Gasteiger charge is -2.31. The molecule has 1 N–H and O–H groups in total. The van der Waals surface area contributed by atoms with E-state index in [0.717, 1.165) is 6.07 Å². The van der Waals surface area contributed by atoms with Gasteiger partial charge in [0.15, 0.2) is 0 Å². The average Bonchev–Trinajstić information content (AvgIpc) is 2.57. The smallest absolute Gasteiger partial charge is 0.262 e. The van der Waals surface area contributed by atoms with Crippen molar-refractivity contribution >= 4 is 34.7 Å². The molecule has 0 bridgehead atoms. The summed E-state index contributed by atoms with van der Waals surface area (Å²) in [7, 11) is 0. The lowest BCUT2D eigenvalue weighted by molar-refractivity contribution is -0.134. The van der Waals surface area contributed by atoms with E-state index in [4.69, 9.17) is 23.2 Å². The Labute approximate surface area is 153 Å². The summed E-state index contributed by atoms with van der Waals surface area (Å²) in [5.41, 5.74) is -0.952. The molecule has 2 aromatic rings. The second kappa shape index (κ2) is 6.73. The molecule has 0 fully saturated rings. The number of rotatable bonds is 3. The predicted molar refractivity (Wildman–Crippen MR) is 93.6 cm³/mol. The predicted octanol–water partition coefficient (Wildman–Crippen LogP) is 4.82. The van der Waals surface area contributed by atoms with Crippen LogP contribution < -0.4 is 5.32 Å². The van der Waals surface area contributed by atoms with E-state index in [-0.39, 0.29) is 34.1 Å². The normalized spacial score (nSPS) is 19.4. The van der Waals surface area contributed by atoms with Gasteiger partial charge < -0.3 is 5.32 Å². The van der Waals surface area contributed by atoms with Crippen LogP contribution in [0.1, 0.15) is 29.7 Å². The van der Waals surface area contributed by atoms with E-state index in [1.165, 1.54) is 18.3 Å². The molecule has 1 aliphatic carbocycles. The van der Waals surface area contributed by atoms with Gasteiger partial charge >= 0.3 is 0 Å². The van der Waals surface area contributed by atoms with Gasteiger partial charge in [0.25, 0.3) is 5.91 Å². The van der Waals surface area contributed by atoms with E-state index < -0.39 is 17.4 Å². The summed E-state index contributed by atoms with van der Waals surface area (Å²) >= 11 is 11.7. The zero-order valence-corrected chi connectivity index (χ0v) is 14.6. The summed E-state index contributed by atoms with van der Waals surface area (Å²) in [6.07, 6.45) is 1.79. The van der Waals surface area contributed by atoms with Crippen LogP contribution in [-0.2, 0) is 17.0 Å². The van der Waals surface area contributed by atoms with E-state index in [1.807, 2.05) is 0 Å². The molecule has 1 aliphatic rings. The van der Waals surface area contributed by atoms with E-state index in [0.29, 0.717) is 17.7 Å². The number of aromatic nitrogens is 1. The van der Waals surface area contributed by atoms with Gasteiger partial charge in [-0.25, -0.2) is 8.78 Å². The Morgan fingerprint density at radius 2 is 2.16 bits per heavy atom. The molecule has 3 rings (SSSR count). The number of hydrogen-bond donors (Lipinski definition) is 1. The number of alkyl halides is 1. The van der Waals surface area contributed by atoms with E-state index in [2.05, 4.69) is 16.9 Å². The minimum atomic E-state index is -2.25. The lowest BCUT2D eigenvalue weighted by Crippen LogP contribution is -2.43. The van der Waals surface area contributed by atoms with Gasteiger partial charge in [0, 0.05) is 33.9 Å². The van der Waals surface area contributed by atoms with Crippen LogP contribution in [0.4, 0.5) is 8.78 Å². The molecule has 1 atom stereocenters. The highest BCUT2D eigenvalue weighted by molar-refractivity contribution is 6.35. The third kappa shape index (κ3) is 3.26. The van der Waals surface area contributed by atoms with E-state index in [1.54, 1.807) is 6.07 Å². The first kappa shape index (κ1) is 17.8. The van der Waals surface area contributed by atoms with Crippen LogP contribution in [0.25, 0.3) is 5.57 Å². The number of benzene rings is 1. The van der Waals surface area contributed by atoms with E-state index >= 15 is 4.39 Å². The van der Waals surface area contributed by atoms with Crippen LogP contribution in [0.5, 0.6) is 0 Å². The molecule has 1 aromatic heterocycles. The summed E-state index contributed by atoms with van der Waals surface area (Å²) in [6.45, 7) is 3.62. The Morgan fingerprint density at radius 3 is 2.88 bits per heavy atom. The molecule has 0 radical (unpaired) electrons. The van der Waals surface area contributed by atoms with Gasteiger partial charge in [-0.2, -0.15) is 0 Å². The molecule has 25 heavy (non-hydrogen) atoms. The molecule has 0 saturated carbocycles. The fourth-order valence-corrected chi connectivity index (χ4v) is 3.40. The molecule has 1 heterocycles. The average molecular weight is 383 g/mol. The number of hydrogen-bond acceptors (Lipinski definition) is 2. The van der Waals surface area contributed by atoms with Crippen molar-refractivity contribution in [2.75, 3.05) is 0 Å². The van der Waals surface area contributed by atoms with Gasteiger partial charge in [0.05, 0.1) is 5.69 Å². The van der Waals surface area contributed by atoms with Crippen molar-refractivity contribution < 1.29 is 13.6 Å². The Morgan fingerprint density at radius 1 is 1.40 bits per heavy atom. The summed E-state index contributed by atoms with van der Waals surface area (Å²) in [6, 6.07) is 5.53. The van der Waals surface area contributed by atoms with Crippen molar-refractivity contribution in [2.45, 2.75) is 25.1 Å². The maximum atomic E-state index is 15.5. The Hall–Kier alpha value is -1.98. The van der Waals surface area contributed by atoms with Crippen LogP contribution in [-0.4, -0.2) is 10.9 Å². The molecule has 0 aliphatic heterocycles. The number of carbonyl (C=O) groups excluding carboxylic acids is 1. The third-order valence-electron chi connectivity index (χ3n) is 4.23. The summed E-state index contributed by atoms with van der Waals surface area (Å²) < 4.78 is 29.4. The number of carbonyl (C=O) groups is 1. The maximum Gasteiger partial charge on any atom is 0.262 e. The summed E-state index contributed by atoms with van der Waals surface area (Å²) in [5, 5.41) is 2.64. The molecular weight excluding hydrogens is 369 g/mol. The monoisotopic (exact) mass is 382 g/mol. The maximum absolute atomic E-state index is 15.5. The second-order valence-corrected chi connectivity index (χ2v) is 6.68. The van der Waals surface area contributed by atoms with Crippen LogP contribution in [0, 0.1) is 5.82 Å². The minimum absolute atomic E-state index is 0.0484. The highest BCUT2D eigenvalue weighted by Crippen LogP contribution is 2.42. The number of fused-ring (bicyclic) bond motifs is 1. The molecule has 0 saturated heterocycles. The van der Waals surface area contributed by atoms with Crippen molar-refractivity contribution in [1.29, 1.82) is 0 Å². The molecule has 1 unspecified atom stereocenters. The first-order valence-corrected chi connectivity index (χ1v) is 8.33. The van der Waals surface area contributed by atoms with E-state index in [9.17, 15) is 9.18 Å². The molecule has 1 amide bonds. The Kier molecular flexibility index (Phi) is 4.80. The fraction of sp³-hybridized carbons (Fsp3) is 0.222. The zero-order valence-electron chi connectivity index (χ0n) is 13.1. The third-order valence-corrected chi connectivity index (χ3v) is 4.79. The van der Waals surface area contributed by atoms with Gasteiger partial charge in [-0.15, -0.1) is 0 Å².